The maximum Gasteiger partial charge on any atom is 0.478 e. The van der Waals surface area contributed by atoms with Gasteiger partial charge in [-0.25, -0.2) is 4.79 Å². The fraction of sp³-hybridized carbons (Fsp3) is 0.842. The van der Waals surface area contributed by atoms with Crippen molar-refractivity contribution in [3.05, 3.63) is 12.2 Å². The standard InChI is InChI=1S/C19H42O14Si8/c1-7-13-38-24-34-22-35-25-37(17-11-12-21-19(20)18(5)6)26-36(23-34)28-40(31-38,15-9-3)33-41(29-37,16-10-4)32-39(27-35,30-38)14-8-2/h34-36H,5,7-17H2,1-4,6H3/i34T,35T,36T. The Morgan fingerprint density at radius 3 is 1.51 bits per heavy atom. The van der Waals surface area contributed by atoms with E-state index in [-0.39, 0.29) is 48.8 Å². The lowest BCUT2D eigenvalue weighted by Gasteiger charge is -2.58. The lowest BCUT2D eigenvalue weighted by molar-refractivity contribution is -0.139. The average molecular weight is 725 g/mol. The van der Waals surface area contributed by atoms with Gasteiger partial charge in [-0.3, -0.25) is 0 Å². The zero-order chi connectivity index (χ0) is 32.1. The Labute approximate surface area is 256 Å². The number of carbonyl (C=O) groups excluding carboxylic acids is 1. The second kappa shape index (κ2) is 13.1. The van der Waals surface area contributed by atoms with Gasteiger partial charge in [-0.1, -0.05) is 60.0 Å². The van der Waals surface area contributed by atoms with Gasteiger partial charge in [0, 0.05) is 35.8 Å². The summed E-state index contributed by atoms with van der Waals surface area (Å²) in [5, 5.41) is 0. The minimum absolute atomic E-state index is 0.0450. The Balaban J connectivity index is 1.70. The van der Waals surface area contributed by atoms with E-state index >= 15 is 0 Å². The third-order valence-electron chi connectivity index (χ3n) is 6.52. The lowest BCUT2D eigenvalue weighted by atomic mass is 10.4. The molecule has 6 aliphatic heterocycles. The Bertz CT molecular complexity index is 1090. The summed E-state index contributed by atoms with van der Waals surface area (Å²) < 4.78 is 113. The summed E-state index contributed by atoms with van der Waals surface area (Å²) in [7, 11) is -34.5. The van der Waals surface area contributed by atoms with Crippen molar-refractivity contribution in [3.8, 4) is 0 Å². The van der Waals surface area contributed by atoms with Gasteiger partial charge in [0.25, 0.3) is 0 Å². The van der Waals surface area contributed by atoms with Crippen LogP contribution >= 0.6 is 0 Å². The van der Waals surface area contributed by atoms with Crippen molar-refractivity contribution in [1.29, 1.82) is 3.70 Å². The molecule has 0 amide bonds. The smallest absolute Gasteiger partial charge is 0.462 e. The minimum Gasteiger partial charge on any atom is -0.462 e. The first kappa shape index (κ1) is 28.9. The van der Waals surface area contributed by atoms with Gasteiger partial charge < -0.3 is 54.1 Å². The van der Waals surface area contributed by atoms with Crippen molar-refractivity contribution >= 4 is 78.4 Å². The highest BCUT2D eigenvalue weighted by Gasteiger charge is 2.75. The summed E-state index contributed by atoms with van der Waals surface area (Å²) in [4.78, 5) is 12.1. The summed E-state index contributed by atoms with van der Waals surface area (Å²) in [6.07, 6.45) is 2.37. The molecule has 41 heavy (non-hydrogen) atoms. The highest BCUT2D eigenvalue weighted by molar-refractivity contribution is 6.98. The molecule has 6 saturated heterocycles. The quantitative estimate of drug-likeness (QED) is 0.119. The van der Waals surface area contributed by atoms with Crippen LogP contribution in [0.15, 0.2) is 12.2 Å². The molecule has 8 bridgehead atoms. The van der Waals surface area contributed by atoms with Crippen LogP contribution in [0.2, 0.25) is 30.2 Å². The van der Waals surface area contributed by atoms with Gasteiger partial charge in [0.15, 0.2) is 0 Å². The van der Waals surface area contributed by atoms with Crippen LogP contribution in [0.4, 0.5) is 0 Å². The van der Waals surface area contributed by atoms with E-state index in [9.17, 15) is 8.50 Å². The first-order valence-electron chi connectivity index (χ1n) is 15.8. The second-order valence-electron chi connectivity index (χ2n) is 10.4. The van der Waals surface area contributed by atoms with Crippen molar-refractivity contribution < 1.29 is 58.9 Å². The maximum atomic E-state index is 12.1. The zero-order valence-electron chi connectivity index (χ0n) is 27.2. The van der Waals surface area contributed by atoms with E-state index in [1.54, 1.807) is 0 Å². The van der Waals surface area contributed by atoms with E-state index < -0.39 is 78.4 Å². The average Bonchev–Trinajstić information content (AvgIpc) is 2.82. The second-order valence-corrected chi connectivity index (χ2v) is 31.0. The first-order chi connectivity index (χ1) is 20.6. The van der Waals surface area contributed by atoms with Crippen LogP contribution in [-0.2, 0) is 58.9 Å². The van der Waals surface area contributed by atoms with Crippen LogP contribution < -0.4 is 0 Å². The van der Waals surface area contributed by atoms with Crippen molar-refractivity contribution in [2.75, 3.05) is 6.61 Å². The van der Waals surface area contributed by atoms with Crippen molar-refractivity contribution in [2.24, 2.45) is 0 Å². The number of esters is 1. The van der Waals surface area contributed by atoms with Crippen molar-refractivity contribution in [1.82, 2.24) is 0 Å². The highest BCUT2D eigenvalue weighted by Crippen LogP contribution is 2.47. The molecule has 0 aromatic carbocycles. The molecule has 0 spiro atoms. The van der Waals surface area contributed by atoms with Gasteiger partial charge in [0.1, 0.15) is 3.70 Å². The fourth-order valence-electron chi connectivity index (χ4n) is 5.02. The lowest BCUT2D eigenvalue weighted by Crippen LogP contribution is -2.82. The molecule has 234 valence electrons. The van der Waals surface area contributed by atoms with E-state index in [2.05, 4.69) is 6.58 Å². The normalized spacial score (nSPS) is 49.5. The molecule has 4 unspecified atom stereocenters. The number of hydrogen-bond acceptors (Lipinski definition) is 14. The van der Waals surface area contributed by atoms with Gasteiger partial charge in [-0.05, 0) is 13.3 Å². The summed E-state index contributed by atoms with van der Waals surface area (Å²) in [6, 6.07) is 0.996. The van der Waals surface area contributed by atoms with Crippen molar-refractivity contribution in [2.45, 2.75) is 96.9 Å². The molecule has 4 atom stereocenters. The molecule has 0 aromatic heterocycles. The topological polar surface area (TPSA) is 137 Å². The summed E-state index contributed by atoms with van der Waals surface area (Å²) in [6.45, 7) is 12.8. The Morgan fingerprint density at radius 2 is 1.05 bits per heavy atom. The molecule has 0 aromatic rings. The molecule has 6 heterocycles. The van der Waals surface area contributed by atoms with Gasteiger partial charge in [0.2, 0.25) is 0 Å². The molecule has 0 aliphatic carbocycles. The third kappa shape index (κ3) is 7.16. The van der Waals surface area contributed by atoms with Gasteiger partial charge in [0.05, 0.1) is 6.61 Å². The van der Waals surface area contributed by atoms with E-state index in [4.69, 9.17) is 54.1 Å². The molecule has 6 rings (SSSR count). The molecule has 6 fully saturated rings. The molecular formula is C19H42O14Si8. The van der Waals surface area contributed by atoms with Gasteiger partial charge >= 0.3 is 78.4 Å². The van der Waals surface area contributed by atoms with Gasteiger partial charge in [-0.2, -0.15) is 0 Å². The summed E-state index contributed by atoms with van der Waals surface area (Å²) in [5.41, 5.74) is 0.239. The van der Waals surface area contributed by atoms with E-state index in [0.717, 1.165) is 0 Å². The number of carbonyl (C=O) groups is 1. The van der Waals surface area contributed by atoms with Crippen LogP contribution in [0.25, 0.3) is 0 Å². The first-order valence-corrected chi connectivity index (χ1v) is 27.6. The number of ether oxygens (including phenoxy) is 1. The van der Waals surface area contributed by atoms with Crippen molar-refractivity contribution in [3.63, 3.8) is 0 Å². The highest BCUT2D eigenvalue weighted by atomic mass is 28.6. The molecule has 0 N–H and O–H groups in total. The van der Waals surface area contributed by atoms with Gasteiger partial charge in [-0.15, -0.1) is 0 Å². The molecular weight excluding hydrogens is 677 g/mol. The van der Waals surface area contributed by atoms with E-state index in [1.165, 1.54) is 6.92 Å². The Hall–Kier alpha value is 0.465. The largest absolute Gasteiger partial charge is 0.478 e. The molecule has 0 radical (unpaired) electrons. The molecule has 0 saturated carbocycles. The molecule has 14 nitrogen and oxygen atoms in total. The molecule has 22 heteroatoms. The predicted octanol–water partition coefficient (Wildman–Crippen LogP) is 2.25. The van der Waals surface area contributed by atoms with Crippen LogP contribution in [0.3, 0.4) is 0 Å². The maximum absolute atomic E-state index is 12.1. The van der Waals surface area contributed by atoms with Crippen LogP contribution in [0, 0.1) is 0 Å². The summed E-state index contributed by atoms with van der Waals surface area (Å²) in [5.74, 6) is -0.567. The molecule has 6 aliphatic rings. The minimum atomic E-state index is -4.76. The third-order valence-corrected chi connectivity index (χ3v) is 36.6. The number of hydrogen-bond donors (Lipinski definition) is 0. The monoisotopic (exact) mass is 724 g/mol. The Morgan fingerprint density at radius 1 is 0.659 bits per heavy atom. The SMILES string of the molecule is [3H][Si]12O[Si]3([3H])O[Si]4(CCCOC(=O)C(=C)C)O[Si]([3H])(O1)O[Si]1(CCC)O[Si](CCC)(O2)O[Si](CCC)(O3)O[Si](CCC)(O4)O1. The van der Waals surface area contributed by atoms with E-state index in [1.807, 2.05) is 27.7 Å². The predicted molar refractivity (Wildman–Crippen MR) is 159 cm³/mol. The number of rotatable bonds is 13. The zero-order valence-corrected chi connectivity index (χ0v) is 32.2. The Kier molecular flexibility index (Phi) is 9.21. The van der Waals surface area contributed by atoms with Crippen LogP contribution in [0.1, 0.15) is 66.7 Å². The fourth-order valence-corrected chi connectivity index (χ4v) is 42.8. The van der Waals surface area contributed by atoms with E-state index in [0.29, 0.717) is 25.7 Å². The van der Waals surface area contributed by atoms with Crippen LogP contribution in [-0.4, -0.2) is 88.7 Å². The van der Waals surface area contributed by atoms with Crippen LogP contribution in [0.5, 0.6) is 0 Å². The summed E-state index contributed by atoms with van der Waals surface area (Å²) >= 11 is 0.